The van der Waals surface area contributed by atoms with Gasteiger partial charge in [-0.15, -0.1) is 0 Å². The van der Waals surface area contributed by atoms with Gasteiger partial charge in [0.1, 0.15) is 5.75 Å². The number of H-pyrrole nitrogens is 1. The third-order valence-corrected chi connectivity index (χ3v) is 2.74. The van der Waals surface area contributed by atoms with E-state index in [-0.39, 0.29) is 5.91 Å². The van der Waals surface area contributed by atoms with Crippen LogP contribution in [0, 0.1) is 0 Å². The van der Waals surface area contributed by atoms with E-state index in [4.69, 9.17) is 9.84 Å². The number of hydrogen-bond donors (Lipinski definition) is 3. The summed E-state index contributed by atoms with van der Waals surface area (Å²) in [6.07, 6.45) is 2.79. The van der Waals surface area contributed by atoms with E-state index < -0.39 is 0 Å². The number of aromatic nitrogens is 1. The zero-order valence-electron chi connectivity index (χ0n) is 11.5. The first kappa shape index (κ1) is 15.0. The first-order chi connectivity index (χ1) is 9.20. The third kappa shape index (κ3) is 3.99. The Balaban J connectivity index is 0.000000861. The van der Waals surface area contributed by atoms with Crippen LogP contribution in [0.25, 0.3) is 10.9 Å². The number of nitrogens with one attached hydrogen (secondary N) is 2. The number of rotatable bonds is 4. The minimum Gasteiger partial charge on any atom is -0.497 e. The van der Waals surface area contributed by atoms with Crippen molar-refractivity contribution in [3.05, 3.63) is 30.0 Å². The Hall–Kier alpha value is -2.01. The molecule has 104 valence electrons. The highest BCUT2D eigenvalue weighted by Crippen LogP contribution is 2.23. The lowest BCUT2D eigenvalue weighted by molar-refractivity contribution is -0.118. The SMILES string of the molecule is CO.COc1ccc2[nH]cc(CCNC(C)=O)c2c1. The van der Waals surface area contributed by atoms with Gasteiger partial charge in [0.05, 0.1) is 7.11 Å². The van der Waals surface area contributed by atoms with Gasteiger partial charge < -0.3 is 20.1 Å². The van der Waals surface area contributed by atoms with E-state index in [1.807, 2.05) is 24.4 Å². The molecule has 2 rings (SSSR count). The minimum absolute atomic E-state index is 0.00224. The molecule has 19 heavy (non-hydrogen) atoms. The largest absolute Gasteiger partial charge is 0.497 e. The molecule has 0 atom stereocenters. The van der Waals surface area contributed by atoms with Crippen molar-refractivity contribution in [1.29, 1.82) is 0 Å². The van der Waals surface area contributed by atoms with Crippen molar-refractivity contribution in [2.75, 3.05) is 20.8 Å². The van der Waals surface area contributed by atoms with E-state index >= 15 is 0 Å². The third-order valence-electron chi connectivity index (χ3n) is 2.74. The number of carbonyl (C=O) groups excluding carboxylic acids is 1. The second-order valence-electron chi connectivity index (χ2n) is 3.96. The maximum absolute atomic E-state index is 10.8. The predicted molar refractivity (Wildman–Crippen MR) is 75.4 cm³/mol. The molecule has 2 aromatic rings. The fourth-order valence-corrected chi connectivity index (χ4v) is 1.86. The molecule has 0 aliphatic rings. The maximum atomic E-state index is 10.8. The summed E-state index contributed by atoms with van der Waals surface area (Å²) in [6.45, 7) is 2.18. The number of carbonyl (C=O) groups is 1. The molecule has 0 bridgehead atoms. The lowest BCUT2D eigenvalue weighted by Gasteiger charge is -2.03. The Kier molecular flexibility index (Phi) is 5.89. The maximum Gasteiger partial charge on any atom is 0.216 e. The topological polar surface area (TPSA) is 74.3 Å². The van der Waals surface area contributed by atoms with Gasteiger partial charge >= 0.3 is 0 Å². The van der Waals surface area contributed by atoms with Crippen LogP contribution in [0.15, 0.2) is 24.4 Å². The van der Waals surface area contributed by atoms with Crippen LogP contribution in [0.1, 0.15) is 12.5 Å². The van der Waals surface area contributed by atoms with Crippen molar-refractivity contribution in [3.8, 4) is 5.75 Å². The van der Waals surface area contributed by atoms with Gasteiger partial charge in [-0.3, -0.25) is 4.79 Å². The van der Waals surface area contributed by atoms with Gasteiger partial charge in [-0.2, -0.15) is 0 Å². The lowest BCUT2D eigenvalue weighted by Crippen LogP contribution is -2.22. The number of aliphatic hydroxyl groups is 1. The molecule has 0 saturated carbocycles. The zero-order chi connectivity index (χ0) is 14.3. The molecule has 1 aromatic heterocycles. The number of fused-ring (bicyclic) bond motifs is 1. The van der Waals surface area contributed by atoms with Crippen molar-refractivity contribution < 1.29 is 14.6 Å². The van der Waals surface area contributed by atoms with Gasteiger partial charge in [-0.05, 0) is 30.2 Å². The number of aliphatic hydroxyl groups excluding tert-OH is 1. The van der Waals surface area contributed by atoms with Gasteiger partial charge in [0.15, 0.2) is 0 Å². The molecule has 0 aliphatic heterocycles. The molecule has 0 saturated heterocycles. The Bertz CT molecular complexity index is 534. The Morgan fingerprint density at radius 3 is 2.79 bits per heavy atom. The molecule has 1 amide bonds. The van der Waals surface area contributed by atoms with Crippen molar-refractivity contribution in [3.63, 3.8) is 0 Å². The molecule has 5 heteroatoms. The van der Waals surface area contributed by atoms with E-state index in [1.54, 1.807) is 7.11 Å². The number of ether oxygens (including phenoxy) is 1. The average Bonchev–Trinajstić information content (AvgIpc) is 2.83. The average molecular weight is 264 g/mol. The molecular weight excluding hydrogens is 244 g/mol. The van der Waals surface area contributed by atoms with Crippen LogP contribution in [0.5, 0.6) is 5.75 Å². The summed E-state index contributed by atoms with van der Waals surface area (Å²) in [4.78, 5) is 14.0. The molecule has 1 heterocycles. The molecule has 3 N–H and O–H groups in total. The van der Waals surface area contributed by atoms with Gasteiger partial charge in [0.25, 0.3) is 0 Å². The minimum atomic E-state index is 0.00224. The van der Waals surface area contributed by atoms with Crippen molar-refractivity contribution >= 4 is 16.8 Å². The van der Waals surface area contributed by atoms with Crippen LogP contribution in [-0.4, -0.2) is 36.8 Å². The summed E-state index contributed by atoms with van der Waals surface area (Å²) in [7, 11) is 2.66. The van der Waals surface area contributed by atoms with Crippen molar-refractivity contribution in [1.82, 2.24) is 10.3 Å². The van der Waals surface area contributed by atoms with Crippen LogP contribution in [0.4, 0.5) is 0 Å². The standard InChI is InChI=1S/C13H16N2O2.CH4O/c1-9(16)14-6-5-10-8-15-13-4-3-11(17-2)7-12(10)13;1-2/h3-4,7-8,15H,5-6H2,1-2H3,(H,14,16);2H,1H3. The second kappa shape index (κ2) is 7.43. The number of benzene rings is 1. The molecule has 1 aromatic carbocycles. The molecular formula is C14H20N2O3. The van der Waals surface area contributed by atoms with E-state index in [2.05, 4.69) is 10.3 Å². The van der Waals surface area contributed by atoms with Crippen LogP contribution in [-0.2, 0) is 11.2 Å². The highest BCUT2D eigenvalue weighted by molar-refractivity contribution is 5.84. The molecule has 0 aliphatic carbocycles. The van der Waals surface area contributed by atoms with Gasteiger partial charge in [0, 0.05) is 37.7 Å². The summed E-state index contributed by atoms with van der Waals surface area (Å²) < 4.78 is 5.21. The smallest absolute Gasteiger partial charge is 0.216 e. The molecule has 0 fully saturated rings. The fraction of sp³-hybridized carbons (Fsp3) is 0.357. The van der Waals surface area contributed by atoms with Crippen LogP contribution in [0.2, 0.25) is 0 Å². The summed E-state index contributed by atoms with van der Waals surface area (Å²) in [5, 5.41) is 10.9. The highest BCUT2D eigenvalue weighted by atomic mass is 16.5. The monoisotopic (exact) mass is 264 g/mol. The molecule has 5 nitrogen and oxygen atoms in total. The second-order valence-corrected chi connectivity index (χ2v) is 3.96. The zero-order valence-corrected chi connectivity index (χ0v) is 11.5. The summed E-state index contributed by atoms with van der Waals surface area (Å²) >= 11 is 0. The number of hydrogen-bond acceptors (Lipinski definition) is 3. The summed E-state index contributed by atoms with van der Waals surface area (Å²) in [5.74, 6) is 0.847. The lowest BCUT2D eigenvalue weighted by atomic mass is 10.1. The van der Waals surface area contributed by atoms with Crippen molar-refractivity contribution in [2.45, 2.75) is 13.3 Å². The Labute approximate surface area is 112 Å². The van der Waals surface area contributed by atoms with Gasteiger partial charge in [0.2, 0.25) is 5.91 Å². The van der Waals surface area contributed by atoms with Crippen LogP contribution in [0.3, 0.4) is 0 Å². The number of aromatic amines is 1. The van der Waals surface area contributed by atoms with Gasteiger partial charge in [-0.1, -0.05) is 0 Å². The van der Waals surface area contributed by atoms with Crippen LogP contribution < -0.4 is 10.1 Å². The Morgan fingerprint density at radius 2 is 2.16 bits per heavy atom. The normalized spacial score (nSPS) is 9.68. The van der Waals surface area contributed by atoms with E-state index in [0.717, 1.165) is 30.2 Å². The van der Waals surface area contributed by atoms with Crippen molar-refractivity contribution in [2.24, 2.45) is 0 Å². The van der Waals surface area contributed by atoms with E-state index in [9.17, 15) is 4.79 Å². The van der Waals surface area contributed by atoms with Crippen LogP contribution >= 0.6 is 0 Å². The first-order valence-electron chi connectivity index (χ1n) is 6.04. The molecule has 0 unspecified atom stereocenters. The van der Waals surface area contributed by atoms with Gasteiger partial charge in [-0.25, -0.2) is 0 Å². The summed E-state index contributed by atoms with van der Waals surface area (Å²) in [5.41, 5.74) is 2.27. The Morgan fingerprint density at radius 1 is 1.42 bits per heavy atom. The fourth-order valence-electron chi connectivity index (χ4n) is 1.86. The number of methoxy groups -OCH3 is 1. The number of amides is 1. The predicted octanol–water partition coefficient (Wildman–Crippen LogP) is 1.46. The highest BCUT2D eigenvalue weighted by Gasteiger charge is 2.05. The quantitative estimate of drug-likeness (QED) is 0.782. The first-order valence-corrected chi connectivity index (χ1v) is 6.04. The van der Waals surface area contributed by atoms with E-state index in [0.29, 0.717) is 6.54 Å². The molecule has 0 spiro atoms. The summed E-state index contributed by atoms with van der Waals surface area (Å²) in [6, 6.07) is 5.93. The van der Waals surface area contributed by atoms with E-state index in [1.165, 1.54) is 12.5 Å². The molecule has 0 radical (unpaired) electrons.